The maximum atomic E-state index is 11.8. The predicted octanol–water partition coefficient (Wildman–Crippen LogP) is 11.2. The number of anilines is 2. The highest BCUT2D eigenvalue weighted by molar-refractivity contribution is 6.02. The minimum absolute atomic E-state index is 0.00738. The lowest BCUT2D eigenvalue weighted by Gasteiger charge is -2.50. The maximum Gasteiger partial charge on any atom is 0.374 e. The van der Waals surface area contributed by atoms with Crippen LogP contribution in [0.1, 0.15) is 56.5 Å². The number of carboxylic acids is 1. The minimum Gasteiger partial charge on any atom is -0.497 e. The Kier molecular flexibility index (Phi) is 8.15. The molecule has 0 spiro atoms. The van der Waals surface area contributed by atoms with E-state index in [9.17, 15) is 9.90 Å². The molecule has 6 heteroatoms. The SMILES string of the molecule is COc1ccc(N2c3ccc(-c4ccc(-c5ccc(/C=C/c6oc7c8ccccc8ccc7[n+]6CC(=O)O)cc5)cc4)cc3C3(C)CCCCC23C)cc1. The van der Waals surface area contributed by atoms with Gasteiger partial charge in [0, 0.05) is 28.2 Å². The van der Waals surface area contributed by atoms with Crippen molar-refractivity contribution in [2.24, 2.45) is 0 Å². The van der Waals surface area contributed by atoms with Crippen molar-refractivity contribution in [3.63, 3.8) is 0 Å². The number of rotatable bonds is 8. The summed E-state index contributed by atoms with van der Waals surface area (Å²) in [5, 5.41) is 11.7. The van der Waals surface area contributed by atoms with Gasteiger partial charge in [-0.25, -0.2) is 4.79 Å². The fourth-order valence-corrected chi connectivity index (χ4v) is 9.11. The summed E-state index contributed by atoms with van der Waals surface area (Å²) in [7, 11) is 1.72. The highest BCUT2D eigenvalue weighted by Gasteiger charge is 2.57. The van der Waals surface area contributed by atoms with Crippen molar-refractivity contribution in [3.8, 4) is 28.0 Å². The van der Waals surface area contributed by atoms with Crippen LogP contribution in [0.3, 0.4) is 0 Å². The molecule has 1 aliphatic carbocycles. The lowest BCUT2D eigenvalue weighted by atomic mass is 9.61. The van der Waals surface area contributed by atoms with E-state index in [0.29, 0.717) is 11.5 Å². The molecule has 0 saturated heterocycles. The lowest BCUT2D eigenvalue weighted by molar-refractivity contribution is -0.666. The number of ether oxygens (including phenoxy) is 1. The number of methoxy groups -OCH3 is 1. The molecule has 1 fully saturated rings. The molecule has 2 aliphatic rings. The number of aliphatic carboxylic acids is 1. The van der Waals surface area contributed by atoms with E-state index < -0.39 is 5.97 Å². The van der Waals surface area contributed by atoms with Gasteiger partial charge in [0.15, 0.2) is 0 Å². The Bertz CT molecular complexity index is 2570. The molecule has 1 N–H and O–H groups in total. The van der Waals surface area contributed by atoms with E-state index in [2.05, 4.69) is 110 Å². The number of oxazole rings is 1. The largest absolute Gasteiger partial charge is 0.497 e. The molecule has 0 bridgehead atoms. The van der Waals surface area contributed by atoms with E-state index in [4.69, 9.17) is 9.15 Å². The second kappa shape index (κ2) is 13.1. The van der Waals surface area contributed by atoms with Crippen LogP contribution in [0, 0.1) is 0 Å². The first-order valence-corrected chi connectivity index (χ1v) is 18.8. The third kappa shape index (κ3) is 5.47. The molecule has 9 rings (SSSR count). The van der Waals surface area contributed by atoms with Gasteiger partial charge in [0.25, 0.3) is 5.52 Å². The van der Waals surface area contributed by atoms with Gasteiger partial charge < -0.3 is 19.2 Å². The maximum absolute atomic E-state index is 11.8. The number of fused-ring (bicyclic) bond motifs is 6. The van der Waals surface area contributed by atoms with Gasteiger partial charge in [0.2, 0.25) is 12.1 Å². The van der Waals surface area contributed by atoms with Crippen LogP contribution in [0.4, 0.5) is 11.4 Å². The molecule has 2 heterocycles. The van der Waals surface area contributed by atoms with Gasteiger partial charge in [-0.1, -0.05) is 98.6 Å². The standard InChI is InChI=1S/C48H42N2O4/c1-47-28-6-7-29-48(47,2)50(38-21-23-39(53-3)24-22-38)42-25-20-37(30-41(42)47)35-17-15-34(16-18-35)33-13-10-32(11-14-33)12-27-44-49(31-45(51)52)43-26-19-36-8-4-5-9-40(36)46(43)54-44/h4-5,8-27,30H,6-7,28-29,31H2,1-3H3/p+1. The summed E-state index contributed by atoms with van der Waals surface area (Å²) in [4.78, 5) is 14.4. The number of aromatic nitrogens is 1. The second-order valence-corrected chi connectivity index (χ2v) is 15.2. The normalized spacial score (nSPS) is 19.4. The number of carboxylic acid groups (broad SMARTS) is 1. The first-order valence-electron chi connectivity index (χ1n) is 18.8. The van der Waals surface area contributed by atoms with Gasteiger partial charge in [-0.2, -0.15) is 0 Å². The van der Waals surface area contributed by atoms with E-state index in [1.165, 1.54) is 47.3 Å². The smallest absolute Gasteiger partial charge is 0.374 e. The number of benzene rings is 6. The third-order valence-electron chi connectivity index (χ3n) is 12.2. The quantitative estimate of drug-likeness (QED) is 0.159. The number of carbonyl (C=O) groups is 1. The number of hydrogen-bond acceptors (Lipinski definition) is 4. The Hall–Kier alpha value is -6.14. The van der Waals surface area contributed by atoms with E-state index in [1.54, 1.807) is 11.7 Å². The average molecular weight is 712 g/mol. The predicted molar refractivity (Wildman–Crippen MR) is 217 cm³/mol. The van der Waals surface area contributed by atoms with Crippen molar-refractivity contribution in [2.75, 3.05) is 12.0 Å². The molecule has 6 aromatic carbocycles. The van der Waals surface area contributed by atoms with Crippen molar-refractivity contribution in [3.05, 3.63) is 144 Å². The summed E-state index contributed by atoms with van der Waals surface area (Å²) < 4.78 is 13.5. The van der Waals surface area contributed by atoms with E-state index in [0.717, 1.165) is 45.1 Å². The van der Waals surface area contributed by atoms with Crippen molar-refractivity contribution < 1.29 is 23.6 Å². The summed E-state index contributed by atoms with van der Waals surface area (Å²) in [5.74, 6) is 0.446. The molecule has 0 amide bonds. The Morgan fingerprint density at radius 1 is 0.796 bits per heavy atom. The molecule has 2 atom stereocenters. The zero-order valence-corrected chi connectivity index (χ0v) is 30.9. The van der Waals surface area contributed by atoms with Crippen molar-refractivity contribution in [1.82, 2.24) is 0 Å². The Morgan fingerprint density at radius 2 is 1.46 bits per heavy atom. The first kappa shape index (κ1) is 33.7. The van der Waals surface area contributed by atoms with Crippen molar-refractivity contribution >= 4 is 51.4 Å². The van der Waals surface area contributed by atoms with Gasteiger partial charge in [-0.05, 0) is 107 Å². The second-order valence-electron chi connectivity index (χ2n) is 15.2. The zero-order valence-electron chi connectivity index (χ0n) is 30.9. The van der Waals surface area contributed by atoms with Crippen molar-refractivity contribution in [1.29, 1.82) is 0 Å². The van der Waals surface area contributed by atoms with Gasteiger partial charge in [-0.3, -0.25) is 0 Å². The molecule has 1 aliphatic heterocycles. The fourth-order valence-electron chi connectivity index (χ4n) is 9.11. The highest BCUT2D eigenvalue weighted by atomic mass is 16.5. The van der Waals surface area contributed by atoms with Crippen LogP contribution in [0.2, 0.25) is 0 Å². The molecule has 54 heavy (non-hydrogen) atoms. The van der Waals surface area contributed by atoms with E-state index in [1.807, 2.05) is 48.6 Å². The van der Waals surface area contributed by atoms with Crippen LogP contribution in [-0.2, 0) is 16.8 Å². The Balaban J connectivity index is 0.975. The molecule has 7 aromatic rings. The Morgan fingerprint density at radius 3 is 2.19 bits per heavy atom. The Labute approximate surface area is 315 Å². The van der Waals surface area contributed by atoms with Gasteiger partial charge in [0.05, 0.1) is 18.7 Å². The average Bonchev–Trinajstić information content (AvgIpc) is 3.65. The van der Waals surface area contributed by atoms with Gasteiger partial charge in [0.1, 0.15) is 5.75 Å². The summed E-state index contributed by atoms with van der Waals surface area (Å²) >= 11 is 0. The lowest BCUT2D eigenvalue weighted by Crippen LogP contribution is -2.54. The van der Waals surface area contributed by atoms with Crippen LogP contribution >= 0.6 is 0 Å². The summed E-state index contributed by atoms with van der Waals surface area (Å²) in [6.07, 6.45) is 8.64. The van der Waals surface area contributed by atoms with Crippen LogP contribution < -0.4 is 14.2 Å². The van der Waals surface area contributed by atoms with Crippen LogP contribution in [0.5, 0.6) is 5.75 Å². The molecule has 1 saturated carbocycles. The summed E-state index contributed by atoms with van der Waals surface area (Å²) in [5.41, 5.74) is 11.2. The highest BCUT2D eigenvalue weighted by Crippen LogP contribution is 2.61. The summed E-state index contributed by atoms with van der Waals surface area (Å²) in [6.45, 7) is 4.75. The molecule has 268 valence electrons. The monoisotopic (exact) mass is 711 g/mol. The topological polar surface area (TPSA) is 66.8 Å². The number of nitrogens with zero attached hydrogens (tertiary/aromatic N) is 2. The van der Waals surface area contributed by atoms with Crippen LogP contribution in [0.15, 0.2) is 132 Å². The van der Waals surface area contributed by atoms with Gasteiger partial charge >= 0.3 is 11.9 Å². The summed E-state index contributed by atoms with van der Waals surface area (Å²) in [6, 6.07) is 44.8. The molecule has 6 nitrogen and oxygen atoms in total. The number of hydrogen-bond donors (Lipinski definition) is 1. The molecular formula is C48H43N2O4+. The minimum atomic E-state index is -0.921. The van der Waals surface area contributed by atoms with Gasteiger partial charge in [-0.15, -0.1) is 4.57 Å². The van der Waals surface area contributed by atoms with E-state index in [-0.39, 0.29) is 17.5 Å². The van der Waals surface area contributed by atoms with Crippen molar-refractivity contribution in [2.45, 2.75) is 57.0 Å². The molecule has 2 unspecified atom stereocenters. The fraction of sp³-hybridized carbons (Fsp3) is 0.208. The molecule has 0 radical (unpaired) electrons. The van der Waals surface area contributed by atoms with Crippen LogP contribution in [0.25, 0.3) is 56.3 Å². The molecular weight excluding hydrogens is 669 g/mol. The first-order chi connectivity index (χ1) is 26.3. The third-order valence-corrected chi connectivity index (χ3v) is 12.2. The van der Waals surface area contributed by atoms with E-state index >= 15 is 0 Å². The molecule has 1 aromatic heterocycles. The zero-order chi connectivity index (χ0) is 37.0. The van der Waals surface area contributed by atoms with Crippen LogP contribution in [-0.4, -0.2) is 23.7 Å².